The number of aromatic carboxylic acids is 1. The number of likely N-dealkylation sites (N-methyl/N-ethyl adjacent to an activating group) is 1. The Balaban J connectivity index is 1.48. The molecule has 0 bridgehead atoms. The number of pyridine rings is 1. The summed E-state index contributed by atoms with van der Waals surface area (Å²) in [5, 5.41) is 12.2. The monoisotopic (exact) mass is 490 g/mol. The zero-order valence-corrected chi connectivity index (χ0v) is 20.5. The van der Waals surface area contributed by atoms with E-state index in [1.807, 2.05) is 33.0 Å². The lowest BCUT2D eigenvalue weighted by molar-refractivity contribution is 0.0696. The number of carboxylic acids is 1. The van der Waals surface area contributed by atoms with Gasteiger partial charge < -0.3 is 24.6 Å². The van der Waals surface area contributed by atoms with Crippen LogP contribution in [-0.4, -0.2) is 47.8 Å². The molecule has 0 aliphatic heterocycles. The van der Waals surface area contributed by atoms with E-state index in [9.17, 15) is 9.59 Å². The number of benzene rings is 2. The van der Waals surface area contributed by atoms with Crippen LogP contribution in [0.5, 0.6) is 17.2 Å². The fourth-order valence-corrected chi connectivity index (χ4v) is 3.22. The number of hydrogen-bond donors (Lipinski definition) is 2. The Labute approximate surface area is 210 Å². The number of carboxylic acid groups (broad SMARTS) is 1. The van der Waals surface area contributed by atoms with E-state index in [1.165, 1.54) is 24.3 Å². The highest BCUT2D eigenvalue weighted by atomic mass is 16.5. The smallest absolute Gasteiger partial charge is 0.343 e. The third-order valence-electron chi connectivity index (χ3n) is 5.10. The van der Waals surface area contributed by atoms with Crippen LogP contribution in [0.1, 0.15) is 46.5 Å². The van der Waals surface area contributed by atoms with Crippen molar-refractivity contribution in [1.82, 2.24) is 10.3 Å². The Kier molecular flexibility index (Phi) is 9.59. The molecule has 1 atom stereocenters. The van der Waals surface area contributed by atoms with Gasteiger partial charge in [0.2, 0.25) is 0 Å². The first kappa shape index (κ1) is 26.4. The van der Waals surface area contributed by atoms with Crippen LogP contribution in [0, 0.1) is 0 Å². The first-order valence-corrected chi connectivity index (χ1v) is 11.6. The minimum absolute atomic E-state index is 0.0859. The molecule has 3 aromatic rings. The van der Waals surface area contributed by atoms with Gasteiger partial charge in [0.15, 0.2) is 0 Å². The number of nitrogens with zero attached hydrogens (tertiary/aromatic N) is 1. The van der Waals surface area contributed by atoms with Crippen molar-refractivity contribution < 1.29 is 28.9 Å². The topological polar surface area (TPSA) is 107 Å². The molecule has 0 fully saturated rings. The Morgan fingerprint density at radius 1 is 0.972 bits per heavy atom. The van der Waals surface area contributed by atoms with Crippen molar-refractivity contribution in [3.63, 3.8) is 0 Å². The van der Waals surface area contributed by atoms with Crippen molar-refractivity contribution in [2.75, 3.05) is 13.7 Å². The van der Waals surface area contributed by atoms with E-state index in [4.69, 9.17) is 19.3 Å². The number of carbonyl (C=O) groups excluding carboxylic acids is 1. The quantitative estimate of drug-likeness (QED) is 0.274. The highest BCUT2D eigenvalue weighted by Gasteiger charge is 2.11. The second-order valence-corrected chi connectivity index (χ2v) is 8.30. The standard InChI is InChI=1S/C28H30N2O6/c1-19(2)35-26-15-20(16-30-17-26)5-4-6-23(29-3)18-34-24-11-9-22(10-12-24)28(33)36-25-13-7-21(8-14-25)27(31)32/h4-5,7-17,19,23,29H,6,18H2,1-3H3,(H,31,32). The second-order valence-electron chi connectivity index (χ2n) is 8.30. The first-order chi connectivity index (χ1) is 17.3. The van der Waals surface area contributed by atoms with Crippen LogP contribution in [0.4, 0.5) is 0 Å². The molecule has 2 N–H and O–H groups in total. The summed E-state index contributed by atoms with van der Waals surface area (Å²) in [6.45, 7) is 4.39. The predicted octanol–water partition coefficient (Wildman–Crippen LogP) is 4.86. The largest absolute Gasteiger partial charge is 0.492 e. The average molecular weight is 491 g/mol. The van der Waals surface area contributed by atoms with Gasteiger partial charge >= 0.3 is 11.9 Å². The first-order valence-electron chi connectivity index (χ1n) is 11.6. The Morgan fingerprint density at radius 2 is 1.64 bits per heavy atom. The van der Waals surface area contributed by atoms with Crippen LogP contribution in [0.25, 0.3) is 6.08 Å². The van der Waals surface area contributed by atoms with Crippen LogP contribution < -0.4 is 19.5 Å². The maximum Gasteiger partial charge on any atom is 0.343 e. The zero-order valence-electron chi connectivity index (χ0n) is 20.5. The molecule has 8 heteroatoms. The average Bonchev–Trinajstić information content (AvgIpc) is 2.86. The molecular formula is C28H30N2O6. The summed E-state index contributed by atoms with van der Waals surface area (Å²) in [5.74, 6) is 0.0538. The molecule has 0 amide bonds. The van der Waals surface area contributed by atoms with E-state index in [0.29, 0.717) is 17.9 Å². The van der Waals surface area contributed by atoms with Crippen molar-refractivity contribution in [2.24, 2.45) is 0 Å². The summed E-state index contributed by atoms with van der Waals surface area (Å²) < 4.78 is 16.9. The molecule has 0 aliphatic carbocycles. The maximum atomic E-state index is 12.4. The molecule has 1 aromatic heterocycles. The lowest BCUT2D eigenvalue weighted by Crippen LogP contribution is -2.31. The molecular weight excluding hydrogens is 460 g/mol. The van der Waals surface area contributed by atoms with Gasteiger partial charge in [0.05, 0.1) is 23.4 Å². The van der Waals surface area contributed by atoms with E-state index in [2.05, 4.69) is 16.4 Å². The molecule has 36 heavy (non-hydrogen) atoms. The van der Waals surface area contributed by atoms with E-state index in [1.54, 1.807) is 36.7 Å². The van der Waals surface area contributed by atoms with Gasteiger partial charge in [-0.15, -0.1) is 0 Å². The molecule has 3 rings (SSSR count). The summed E-state index contributed by atoms with van der Waals surface area (Å²) in [5.41, 5.74) is 1.44. The molecule has 0 spiro atoms. The number of esters is 1. The molecule has 8 nitrogen and oxygen atoms in total. The van der Waals surface area contributed by atoms with Gasteiger partial charge in [-0.25, -0.2) is 9.59 Å². The van der Waals surface area contributed by atoms with Gasteiger partial charge in [-0.2, -0.15) is 0 Å². The number of nitrogens with one attached hydrogen (secondary N) is 1. The minimum atomic E-state index is -1.04. The molecule has 188 valence electrons. The van der Waals surface area contributed by atoms with E-state index >= 15 is 0 Å². The lowest BCUT2D eigenvalue weighted by Gasteiger charge is -2.15. The summed E-state index contributed by atoms with van der Waals surface area (Å²) >= 11 is 0. The van der Waals surface area contributed by atoms with Crippen molar-refractivity contribution >= 4 is 18.0 Å². The number of ether oxygens (including phenoxy) is 3. The normalized spacial score (nSPS) is 11.9. The molecule has 1 heterocycles. The van der Waals surface area contributed by atoms with Crippen molar-refractivity contribution in [1.29, 1.82) is 0 Å². The Morgan fingerprint density at radius 3 is 2.28 bits per heavy atom. The summed E-state index contributed by atoms with van der Waals surface area (Å²) in [6, 6.07) is 14.3. The van der Waals surface area contributed by atoms with E-state index in [-0.39, 0.29) is 23.5 Å². The third kappa shape index (κ3) is 8.25. The van der Waals surface area contributed by atoms with Crippen LogP contribution in [0.3, 0.4) is 0 Å². The second kappa shape index (κ2) is 13.1. The van der Waals surface area contributed by atoms with Crippen molar-refractivity contribution in [2.45, 2.75) is 32.4 Å². The molecule has 2 aromatic carbocycles. The highest BCUT2D eigenvalue weighted by molar-refractivity contribution is 5.91. The fourth-order valence-electron chi connectivity index (χ4n) is 3.22. The van der Waals surface area contributed by atoms with Gasteiger partial charge in [0.1, 0.15) is 23.9 Å². The summed E-state index contributed by atoms with van der Waals surface area (Å²) in [6.07, 6.45) is 8.38. The van der Waals surface area contributed by atoms with Crippen LogP contribution >= 0.6 is 0 Å². The molecule has 0 radical (unpaired) electrons. The predicted molar refractivity (Wildman–Crippen MR) is 137 cm³/mol. The highest BCUT2D eigenvalue weighted by Crippen LogP contribution is 2.18. The number of hydrogen-bond acceptors (Lipinski definition) is 7. The van der Waals surface area contributed by atoms with E-state index in [0.717, 1.165) is 17.7 Å². The summed E-state index contributed by atoms with van der Waals surface area (Å²) in [7, 11) is 1.88. The maximum absolute atomic E-state index is 12.4. The summed E-state index contributed by atoms with van der Waals surface area (Å²) in [4.78, 5) is 27.5. The number of aromatic nitrogens is 1. The molecule has 0 saturated carbocycles. The van der Waals surface area contributed by atoms with Gasteiger partial charge in [-0.3, -0.25) is 4.98 Å². The van der Waals surface area contributed by atoms with Crippen molar-refractivity contribution in [3.05, 3.63) is 89.8 Å². The molecule has 0 aliphatic rings. The minimum Gasteiger partial charge on any atom is -0.492 e. The van der Waals surface area contributed by atoms with E-state index < -0.39 is 11.9 Å². The molecule has 1 unspecified atom stereocenters. The molecule has 0 saturated heterocycles. The fraction of sp³-hybridized carbons (Fsp3) is 0.250. The van der Waals surface area contributed by atoms with Crippen LogP contribution in [-0.2, 0) is 0 Å². The van der Waals surface area contributed by atoms with Gasteiger partial charge in [-0.05, 0) is 87.5 Å². The van der Waals surface area contributed by atoms with Crippen LogP contribution in [0.2, 0.25) is 0 Å². The van der Waals surface area contributed by atoms with Gasteiger partial charge in [-0.1, -0.05) is 12.2 Å². The Bertz CT molecular complexity index is 1170. The van der Waals surface area contributed by atoms with Crippen LogP contribution in [0.15, 0.2) is 73.1 Å². The number of rotatable bonds is 12. The zero-order chi connectivity index (χ0) is 25.9. The lowest BCUT2D eigenvalue weighted by atomic mass is 10.1. The van der Waals surface area contributed by atoms with Crippen molar-refractivity contribution in [3.8, 4) is 17.2 Å². The van der Waals surface area contributed by atoms with Gasteiger partial charge in [0.25, 0.3) is 0 Å². The third-order valence-corrected chi connectivity index (χ3v) is 5.10. The SMILES string of the molecule is CNC(CC=Cc1cncc(OC(C)C)c1)COc1ccc(C(=O)Oc2ccc(C(=O)O)cc2)cc1. The number of carbonyl (C=O) groups is 2. The van der Waals surface area contributed by atoms with Gasteiger partial charge in [0, 0.05) is 12.2 Å². The Hall–Kier alpha value is -4.17.